The third-order valence-corrected chi connectivity index (χ3v) is 2.11. The van der Waals surface area contributed by atoms with Crippen molar-refractivity contribution >= 4 is 5.97 Å². The minimum atomic E-state index is -0.736. The average molecular weight is 208 g/mol. The van der Waals surface area contributed by atoms with Crippen LogP contribution in [-0.4, -0.2) is 11.1 Å². The van der Waals surface area contributed by atoms with Gasteiger partial charge in [-0.15, -0.1) is 0 Å². The fourth-order valence-electron chi connectivity index (χ4n) is 1.37. The second-order valence-corrected chi connectivity index (χ2v) is 3.32. The van der Waals surface area contributed by atoms with E-state index >= 15 is 0 Å². The summed E-state index contributed by atoms with van der Waals surface area (Å²) in [5, 5.41) is 8.52. The van der Waals surface area contributed by atoms with Crippen LogP contribution < -0.4 is 0 Å². The Labute approximate surface area is 91.9 Å². The summed E-state index contributed by atoms with van der Waals surface area (Å²) in [4.78, 5) is 10.4. The van der Waals surface area contributed by atoms with Crippen LogP contribution >= 0.6 is 0 Å². The molecule has 1 aromatic carbocycles. The van der Waals surface area contributed by atoms with Crippen LogP contribution in [0.1, 0.15) is 37.0 Å². The Bertz CT molecular complexity index is 316. The number of hydrogen-bond acceptors (Lipinski definition) is 1. The Hall–Kier alpha value is -1.31. The fourth-order valence-corrected chi connectivity index (χ4v) is 1.37. The predicted molar refractivity (Wildman–Crippen MR) is 63.2 cm³/mol. The van der Waals surface area contributed by atoms with Crippen LogP contribution in [0.4, 0.5) is 0 Å². The molecule has 0 unspecified atom stereocenters. The molecular weight excluding hydrogens is 188 g/mol. The smallest absolute Gasteiger partial charge is 0.303 e. The molecular formula is C13H20O2. The van der Waals surface area contributed by atoms with Gasteiger partial charge in [0, 0.05) is 6.42 Å². The van der Waals surface area contributed by atoms with Crippen LogP contribution in [0.2, 0.25) is 0 Å². The van der Waals surface area contributed by atoms with Gasteiger partial charge in [-0.05, 0) is 31.4 Å². The second-order valence-electron chi connectivity index (χ2n) is 3.32. The van der Waals surface area contributed by atoms with Crippen molar-refractivity contribution in [3.8, 4) is 0 Å². The van der Waals surface area contributed by atoms with Crippen molar-refractivity contribution in [3.05, 3.63) is 34.9 Å². The number of carboxylic acids is 1. The predicted octanol–water partition coefficient (Wildman–Crippen LogP) is 3.35. The third-order valence-electron chi connectivity index (χ3n) is 2.11. The van der Waals surface area contributed by atoms with Gasteiger partial charge in [0.25, 0.3) is 0 Å². The lowest BCUT2D eigenvalue weighted by Gasteiger charge is -2.04. The molecule has 0 fully saturated rings. The molecule has 0 saturated carbocycles. The first kappa shape index (κ1) is 13.7. The second kappa shape index (κ2) is 7.04. The monoisotopic (exact) mass is 208 g/mol. The van der Waals surface area contributed by atoms with E-state index in [1.807, 2.05) is 39.8 Å². The molecule has 0 radical (unpaired) electrons. The zero-order valence-corrected chi connectivity index (χ0v) is 10.0. The molecule has 0 aromatic heterocycles. The van der Waals surface area contributed by atoms with Crippen LogP contribution in [0.5, 0.6) is 0 Å². The number of rotatable bonds is 3. The van der Waals surface area contributed by atoms with Gasteiger partial charge < -0.3 is 5.11 Å². The summed E-state index contributed by atoms with van der Waals surface area (Å²) in [5.41, 5.74) is 3.53. The molecule has 2 nitrogen and oxygen atoms in total. The maximum absolute atomic E-state index is 10.4. The first-order valence-corrected chi connectivity index (χ1v) is 5.37. The minimum absolute atomic E-state index is 0.212. The Morgan fingerprint density at radius 3 is 2.33 bits per heavy atom. The van der Waals surface area contributed by atoms with E-state index in [-0.39, 0.29) is 6.42 Å². The fraction of sp³-hybridized carbons (Fsp3) is 0.462. The Kier molecular flexibility index (Phi) is 6.43. The van der Waals surface area contributed by atoms with Gasteiger partial charge in [0.15, 0.2) is 0 Å². The zero-order chi connectivity index (χ0) is 11.8. The summed E-state index contributed by atoms with van der Waals surface area (Å²) < 4.78 is 0. The number of hydrogen-bond donors (Lipinski definition) is 1. The SMILES string of the molecule is CC.Cc1ccc(CCC(=O)O)c(C)c1. The molecule has 0 spiro atoms. The molecule has 0 aliphatic carbocycles. The largest absolute Gasteiger partial charge is 0.481 e. The molecule has 0 atom stereocenters. The van der Waals surface area contributed by atoms with Gasteiger partial charge in [-0.2, -0.15) is 0 Å². The highest BCUT2D eigenvalue weighted by atomic mass is 16.4. The number of benzene rings is 1. The highest BCUT2D eigenvalue weighted by molar-refractivity contribution is 5.67. The molecule has 0 aliphatic rings. The standard InChI is InChI=1S/C11H14O2.C2H6/c1-8-3-4-10(9(2)7-8)5-6-11(12)13;1-2/h3-4,7H,5-6H2,1-2H3,(H,12,13);1-2H3. The summed E-state index contributed by atoms with van der Waals surface area (Å²) in [6.07, 6.45) is 0.839. The number of carboxylic acid groups (broad SMARTS) is 1. The van der Waals surface area contributed by atoms with Gasteiger partial charge >= 0.3 is 5.97 Å². The summed E-state index contributed by atoms with van der Waals surface area (Å²) >= 11 is 0. The van der Waals surface area contributed by atoms with Crippen LogP contribution in [0.25, 0.3) is 0 Å². The lowest BCUT2D eigenvalue weighted by molar-refractivity contribution is -0.136. The van der Waals surface area contributed by atoms with Gasteiger partial charge in [-0.3, -0.25) is 4.79 Å². The van der Waals surface area contributed by atoms with Crippen molar-refractivity contribution in [2.45, 2.75) is 40.5 Å². The van der Waals surface area contributed by atoms with E-state index in [4.69, 9.17) is 5.11 Å². The van der Waals surface area contributed by atoms with E-state index in [0.717, 1.165) is 5.56 Å². The molecule has 84 valence electrons. The van der Waals surface area contributed by atoms with Gasteiger partial charge in [0.2, 0.25) is 0 Å². The first-order valence-electron chi connectivity index (χ1n) is 5.37. The molecule has 1 rings (SSSR count). The summed E-state index contributed by atoms with van der Waals surface area (Å²) in [6.45, 7) is 8.05. The molecule has 0 amide bonds. The van der Waals surface area contributed by atoms with Crippen molar-refractivity contribution in [2.24, 2.45) is 0 Å². The highest BCUT2D eigenvalue weighted by Gasteiger charge is 2.01. The third kappa shape index (κ3) is 5.21. The van der Waals surface area contributed by atoms with E-state index in [1.165, 1.54) is 11.1 Å². The lowest BCUT2D eigenvalue weighted by atomic mass is 10.0. The molecule has 1 N–H and O–H groups in total. The number of aryl methyl sites for hydroxylation is 3. The summed E-state index contributed by atoms with van der Waals surface area (Å²) in [5.74, 6) is -0.736. The van der Waals surface area contributed by atoms with Gasteiger partial charge in [-0.1, -0.05) is 37.6 Å². The van der Waals surface area contributed by atoms with E-state index in [1.54, 1.807) is 0 Å². The van der Waals surface area contributed by atoms with Gasteiger partial charge in [0.1, 0.15) is 0 Å². The molecule has 0 heterocycles. The topological polar surface area (TPSA) is 37.3 Å². The lowest BCUT2D eigenvalue weighted by Crippen LogP contribution is -1.99. The number of carbonyl (C=O) groups is 1. The van der Waals surface area contributed by atoms with Crippen molar-refractivity contribution in [1.82, 2.24) is 0 Å². The van der Waals surface area contributed by atoms with Crippen LogP contribution in [0.15, 0.2) is 18.2 Å². The van der Waals surface area contributed by atoms with Gasteiger partial charge in [0.05, 0.1) is 0 Å². The van der Waals surface area contributed by atoms with E-state index in [2.05, 4.69) is 6.07 Å². The molecule has 1 aromatic rings. The zero-order valence-electron chi connectivity index (χ0n) is 10.0. The van der Waals surface area contributed by atoms with Crippen molar-refractivity contribution < 1.29 is 9.90 Å². The molecule has 0 saturated heterocycles. The van der Waals surface area contributed by atoms with Crippen molar-refractivity contribution in [3.63, 3.8) is 0 Å². The summed E-state index contributed by atoms with van der Waals surface area (Å²) in [7, 11) is 0. The molecule has 2 heteroatoms. The average Bonchev–Trinajstić information content (AvgIpc) is 2.19. The Balaban J connectivity index is 0.000000921. The highest BCUT2D eigenvalue weighted by Crippen LogP contribution is 2.12. The van der Waals surface area contributed by atoms with Crippen LogP contribution in [0, 0.1) is 13.8 Å². The van der Waals surface area contributed by atoms with E-state index in [9.17, 15) is 4.79 Å². The number of aliphatic carboxylic acids is 1. The summed E-state index contributed by atoms with van der Waals surface area (Å²) in [6, 6.07) is 6.11. The van der Waals surface area contributed by atoms with Crippen LogP contribution in [0.3, 0.4) is 0 Å². The Morgan fingerprint density at radius 1 is 1.27 bits per heavy atom. The van der Waals surface area contributed by atoms with Gasteiger partial charge in [-0.25, -0.2) is 0 Å². The van der Waals surface area contributed by atoms with Crippen LogP contribution in [-0.2, 0) is 11.2 Å². The van der Waals surface area contributed by atoms with Crippen molar-refractivity contribution in [2.75, 3.05) is 0 Å². The maximum atomic E-state index is 10.4. The molecule has 0 bridgehead atoms. The van der Waals surface area contributed by atoms with E-state index < -0.39 is 5.97 Å². The minimum Gasteiger partial charge on any atom is -0.481 e. The van der Waals surface area contributed by atoms with Crippen molar-refractivity contribution in [1.29, 1.82) is 0 Å². The first-order chi connectivity index (χ1) is 7.09. The quantitative estimate of drug-likeness (QED) is 0.827. The normalized spacial score (nSPS) is 9.07. The molecule has 0 aliphatic heterocycles. The van der Waals surface area contributed by atoms with E-state index in [0.29, 0.717) is 6.42 Å². The Morgan fingerprint density at radius 2 is 1.87 bits per heavy atom. The maximum Gasteiger partial charge on any atom is 0.303 e. The molecule has 15 heavy (non-hydrogen) atoms.